The van der Waals surface area contributed by atoms with Gasteiger partial charge in [0.25, 0.3) is 0 Å². The van der Waals surface area contributed by atoms with Gasteiger partial charge < -0.3 is 4.74 Å². The van der Waals surface area contributed by atoms with E-state index in [1.54, 1.807) is 11.3 Å². The van der Waals surface area contributed by atoms with Crippen LogP contribution in [0.3, 0.4) is 0 Å². The summed E-state index contributed by atoms with van der Waals surface area (Å²) in [5.41, 5.74) is 3.54. The number of allylic oxidation sites excluding steroid dienone is 2. The standard InChI is InChI=1S/C18H16O3S/c1-9(2)14-15(18(20)21-17(14)19)11(4)16-10(3)12-7-5-6-8-13(12)22-16/h5-8H,1-4H3/b15-11-. The minimum Gasteiger partial charge on any atom is -0.386 e. The van der Waals surface area contributed by atoms with Crippen molar-refractivity contribution in [1.82, 2.24) is 0 Å². The van der Waals surface area contributed by atoms with Gasteiger partial charge in [-0.15, -0.1) is 11.3 Å². The van der Waals surface area contributed by atoms with Crippen molar-refractivity contribution in [3.8, 4) is 0 Å². The summed E-state index contributed by atoms with van der Waals surface area (Å²) >= 11 is 1.64. The van der Waals surface area contributed by atoms with Crippen molar-refractivity contribution < 1.29 is 14.3 Å². The smallest absolute Gasteiger partial charge is 0.347 e. The molecule has 0 aliphatic carbocycles. The number of fused-ring (bicyclic) bond motifs is 1. The summed E-state index contributed by atoms with van der Waals surface area (Å²) in [6.45, 7) is 7.57. The molecule has 112 valence electrons. The van der Waals surface area contributed by atoms with Gasteiger partial charge in [-0.1, -0.05) is 23.8 Å². The molecule has 0 atom stereocenters. The molecule has 1 aliphatic rings. The Kier molecular flexibility index (Phi) is 3.49. The van der Waals surface area contributed by atoms with E-state index in [2.05, 4.69) is 12.1 Å². The third-order valence-corrected chi connectivity index (χ3v) is 5.30. The van der Waals surface area contributed by atoms with Gasteiger partial charge in [0.2, 0.25) is 0 Å². The van der Waals surface area contributed by atoms with Crippen LogP contribution in [0.1, 0.15) is 31.2 Å². The number of esters is 2. The second-order valence-corrected chi connectivity index (χ2v) is 6.66. The van der Waals surface area contributed by atoms with Crippen molar-refractivity contribution in [1.29, 1.82) is 0 Å². The van der Waals surface area contributed by atoms with Crippen molar-refractivity contribution in [2.24, 2.45) is 0 Å². The molecular weight excluding hydrogens is 296 g/mol. The highest BCUT2D eigenvalue weighted by Gasteiger charge is 2.36. The third kappa shape index (κ3) is 2.11. The minimum absolute atomic E-state index is 0.402. The number of hydrogen-bond donors (Lipinski definition) is 0. The molecule has 1 aromatic carbocycles. The second kappa shape index (κ2) is 5.21. The number of hydrogen-bond acceptors (Lipinski definition) is 4. The summed E-state index contributed by atoms with van der Waals surface area (Å²) in [5, 5.41) is 1.18. The number of ether oxygens (including phenoxy) is 1. The van der Waals surface area contributed by atoms with E-state index in [1.165, 1.54) is 10.1 Å². The SMILES string of the molecule is CC(C)=C1C(=O)OC(=O)/C1=C(/C)c1sc2ccccc2c1C. The lowest BCUT2D eigenvalue weighted by molar-refractivity contribution is -0.149. The molecule has 4 heteroatoms. The maximum atomic E-state index is 12.1. The number of cyclic esters (lactones) is 2. The molecule has 0 amide bonds. The first kappa shape index (κ1) is 14.7. The number of rotatable bonds is 1. The van der Waals surface area contributed by atoms with Crippen molar-refractivity contribution in [2.75, 3.05) is 0 Å². The van der Waals surface area contributed by atoms with Gasteiger partial charge in [-0.25, -0.2) is 9.59 Å². The van der Waals surface area contributed by atoms with Gasteiger partial charge in [-0.05, 0) is 50.3 Å². The topological polar surface area (TPSA) is 43.4 Å². The van der Waals surface area contributed by atoms with Crippen LogP contribution in [0.2, 0.25) is 0 Å². The zero-order valence-corrected chi connectivity index (χ0v) is 13.8. The fourth-order valence-electron chi connectivity index (χ4n) is 2.83. The molecule has 1 saturated heterocycles. The van der Waals surface area contributed by atoms with E-state index in [1.807, 2.05) is 39.8 Å². The summed E-state index contributed by atoms with van der Waals surface area (Å²) in [4.78, 5) is 25.0. The highest BCUT2D eigenvalue weighted by molar-refractivity contribution is 7.20. The van der Waals surface area contributed by atoms with Gasteiger partial charge in [0, 0.05) is 9.58 Å². The van der Waals surface area contributed by atoms with Crippen molar-refractivity contribution >= 4 is 38.9 Å². The fourth-order valence-corrected chi connectivity index (χ4v) is 4.05. The highest BCUT2D eigenvalue weighted by atomic mass is 32.1. The first-order chi connectivity index (χ1) is 10.4. The first-order valence-electron chi connectivity index (χ1n) is 7.05. The van der Waals surface area contributed by atoms with Gasteiger partial charge in [0.1, 0.15) is 0 Å². The maximum absolute atomic E-state index is 12.1. The molecule has 0 spiro atoms. The van der Waals surface area contributed by atoms with Gasteiger partial charge in [0.15, 0.2) is 0 Å². The molecule has 2 aromatic rings. The first-order valence-corrected chi connectivity index (χ1v) is 7.87. The van der Waals surface area contributed by atoms with Crippen LogP contribution < -0.4 is 0 Å². The molecule has 0 N–H and O–H groups in total. The van der Waals surface area contributed by atoms with Crippen LogP contribution in [-0.2, 0) is 14.3 Å². The van der Waals surface area contributed by atoms with Crippen LogP contribution in [0.5, 0.6) is 0 Å². The molecular formula is C18H16O3S. The van der Waals surface area contributed by atoms with Gasteiger partial charge in [-0.2, -0.15) is 0 Å². The highest BCUT2D eigenvalue weighted by Crippen LogP contribution is 2.39. The van der Waals surface area contributed by atoms with E-state index in [4.69, 9.17) is 4.74 Å². The van der Waals surface area contributed by atoms with Crippen LogP contribution in [0.4, 0.5) is 0 Å². The van der Waals surface area contributed by atoms with E-state index in [-0.39, 0.29) is 0 Å². The number of aryl methyl sites for hydroxylation is 1. The van der Waals surface area contributed by atoms with Crippen LogP contribution in [0.15, 0.2) is 41.0 Å². The van der Waals surface area contributed by atoms with Crippen molar-refractivity contribution in [3.05, 3.63) is 51.4 Å². The Hall–Kier alpha value is -2.20. The monoisotopic (exact) mass is 312 g/mol. The van der Waals surface area contributed by atoms with Gasteiger partial charge in [-0.3, -0.25) is 0 Å². The summed E-state index contributed by atoms with van der Waals surface area (Å²) < 4.78 is 5.99. The Labute approximate surface area is 132 Å². The Morgan fingerprint density at radius 3 is 2.27 bits per heavy atom. The molecule has 3 rings (SSSR count). The number of carbonyl (C=O) groups excluding carboxylic acids is 2. The Bertz CT molecular complexity index is 877. The van der Waals surface area contributed by atoms with Crippen LogP contribution >= 0.6 is 11.3 Å². The summed E-state index contributed by atoms with van der Waals surface area (Å²) in [7, 11) is 0. The van der Waals surface area contributed by atoms with E-state index < -0.39 is 11.9 Å². The van der Waals surface area contributed by atoms with E-state index >= 15 is 0 Å². The average molecular weight is 312 g/mol. The summed E-state index contributed by atoms with van der Waals surface area (Å²) in [6.07, 6.45) is 0. The van der Waals surface area contributed by atoms with Crippen molar-refractivity contribution in [3.63, 3.8) is 0 Å². The van der Waals surface area contributed by atoms with E-state index in [0.29, 0.717) is 11.1 Å². The third-order valence-electron chi connectivity index (χ3n) is 3.90. The van der Waals surface area contributed by atoms with Gasteiger partial charge in [0.05, 0.1) is 11.1 Å². The number of benzene rings is 1. The molecule has 0 unspecified atom stereocenters. The zero-order valence-electron chi connectivity index (χ0n) is 12.9. The number of carbonyl (C=O) groups is 2. The van der Waals surface area contributed by atoms with E-state index in [9.17, 15) is 9.59 Å². The molecule has 3 nitrogen and oxygen atoms in total. The Balaban J connectivity index is 2.29. The molecule has 0 bridgehead atoms. The Morgan fingerprint density at radius 1 is 1.00 bits per heavy atom. The predicted molar refractivity (Wildman–Crippen MR) is 88.6 cm³/mol. The average Bonchev–Trinajstić information content (AvgIpc) is 2.96. The molecule has 1 fully saturated rings. The van der Waals surface area contributed by atoms with Crippen LogP contribution in [0.25, 0.3) is 15.7 Å². The van der Waals surface area contributed by atoms with E-state index in [0.717, 1.165) is 21.6 Å². The summed E-state index contributed by atoms with van der Waals surface area (Å²) in [5.74, 6) is -1.09. The molecule has 22 heavy (non-hydrogen) atoms. The second-order valence-electron chi connectivity index (χ2n) is 5.60. The summed E-state index contributed by atoms with van der Waals surface area (Å²) in [6, 6.07) is 8.14. The molecule has 2 heterocycles. The van der Waals surface area contributed by atoms with Crippen LogP contribution in [0, 0.1) is 6.92 Å². The molecule has 1 aromatic heterocycles. The predicted octanol–water partition coefficient (Wildman–Crippen LogP) is 4.40. The molecule has 0 radical (unpaired) electrons. The van der Waals surface area contributed by atoms with Crippen molar-refractivity contribution in [2.45, 2.75) is 27.7 Å². The molecule has 0 saturated carbocycles. The zero-order chi connectivity index (χ0) is 16.0. The fraction of sp³-hybridized carbons (Fsp3) is 0.222. The molecule has 1 aliphatic heterocycles. The van der Waals surface area contributed by atoms with Crippen LogP contribution in [-0.4, -0.2) is 11.9 Å². The maximum Gasteiger partial charge on any atom is 0.347 e. The Morgan fingerprint density at radius 2 is 1.64 bits per heavy atom. The largest absolute Gasteiger partial charge is 0.386 e. The number of thiophene rings is 1. The van der Waals surface area contributed by atoms with Gasteiger partial charge >= 0.3 is 11.9 Å². The lowest BCUT2D eigenvalue weighted by Gasteiger charge is -2.05. The quantitative estimate of drug-likeness (QED) is 0.445. The minimum atomic E-state index is -0.546. The normalized spacial score (nSPS) is 17.2. The lowest BCUT2D eigenvalue weighted by Crippen LogP contribution is -1.99. The lowest BCUT2D eigenvalue weighted by atomic mass is 9.96.